The zero-order valence-electron chi connectivity index (χ0n) is 12.4. The van der Waals surface area contributed by atoms with Gasteiger partial charge < -0.3 is 19.9 Å². The van der Waals surface area contributed by atoms with Gasteiger partial charge >= 0.3 is 0 Å². The Bertz CT molecular complexity index is 412. The smallest absolute Gasteiger partial charge is 0.191 e. The highest BCUT2D eigenvalue weighted by atomic mass is 16.5. The molecule has 1 heterocycles. The van der Waals surface area contributed by atoms with E-state index in [2.05, 4.69) is 25.8 Å². The fraction of sp³-hybridized carbons (Fsp3) is 0.750. The maximum atomic E-state index is 5.36. The van der Waals surface area contributed by atoms with Crippen molar-refractivity contribution in [1.82, 2.24) is 25.4 Å². The van der Waals surface area contributed by atoms with E-state index in [1.165, 1.54) is 0 Å². The minimum Gasteiger partial charge on any atom is -0.377 e. The number of nitrogens with zero attached hydrogens (tertiary/aromatic N) is 4. The Morgan fingerprint density at radius 1 is 1.47 bits per heavy atom. The van der Waals surface area contributed by atoms with Gasteiger partial charge in [0.25, 0.3) is 0 Å². The van der Waals surface area contributed by atoms with Crippen molar-refractivity contribution >= 4 is 5.96 Å². The predicted molar refractivity (Wildman–Crippen MR) is 74.9 cm³/mol. The molecule has 0 fully saturated rings. The molecule has 1 aromatic rings. The molecule has 108 valence electrons. The van der Waals surface area contributed by atoms with Gasteiger partial charge in [-0.15, -0.1) is 10.2 Å². The Morgan fingerprint density at radius 3 is 2.74 bits per heavy atom. The van der Waals surface area contributed by atoms with Crippen LogP contribution in [0.4, 0.5) is 0 Å². The average Bonchev–Trinajstić information content (AvgIpc) is 2.78. The van der Waals surface area contributed by atoms with Crippen LogP contribution < -0.4 is 10.6 Å². The molecule has 7 nitrogen and oxygen atoms in total. The molecule has 0 unspecified atom stereocenters. The van der Waals surface area contributed by atoms with Crippen molar-refractivity contribution in [3.05, 3.63) is 12.2 Å². The van der Waals surface area contributed by atoms with Crippen LogP contribution in [0.3, 0.4) is 0 Å². The van der Waals surface area contributed by atoms with E-state index in [-0.39, 0.29) is 5.60 Å². The molecule has 1 rings (SSSR count). The zero-order chi connectivity index (χ0) is 14.3. The highest BCUT2D eigenvalue weighted by molar-refractivity contribution is 5.79. The summed E-state index contributed by atoms with van der Waals surface area (Å²) < 4.78 is 7.22. The third-order valence-electron chi connectivity index (χ3n) is 2.76. The monoisotopic (exact) mass is 268 g/mol. The van der Waals surface area contributed by atoms with Crippen LogP contribution in [0, 0.1) is 0 Å². The fourth-order valence-electron chi connectivity index (χ4n) is 1.31. The second-order valence-electron chi connectivity index (χ2n) is 4.87. The Balaban J connectivity index is 2.59. The van der Waals surface area contributed by atoms with Crippen molar-refractivity contribution in [2.45, 2.75) is 32.9 Å². The maximum Gasteiger partial charge on any atom is 0.191 e. The van der Waals surface area contributed by atoms with Crippen LogP contribution in [0.25, 0.3) is 0 Å². The molecule has 0 radical (unpaired) electrons. The quantitative estimate of drug-likeness (QED) is 0.573. The summed E-state index contributed by atoms with van der Waals surface area (Å²) in [5, 5.41) is 14.3. The van der Waals surface area contributed by atoms with Gasteiger partial charge in [-0.1, -0.05) is 0 Å². The molecule has 0 aliphatic heterocycles. The van der Waals surface area contributed by atoms with Gasteiger partial charge in [0, 0.05) is 27.2 Å². The number of aromatic nitrogens is 3. The molecule has 0 bridgehead atoms. The van der Waals surface area contributed by atoms with E-state index in [0.29, 0.717) is 13.1 Å². The summed E-state index contributed by atoms with van der Waals surface area (Å²) in [6.07, 6.45) is 1.67. The van der Waals surface area contributed by atoms with Gasteiger partial charge in [0.05, 0.1) is 5.60 Å². The Hall–Kier alpha value is -1.63. The van der Waals surface area contributed by atoms with Crippen molar-refractivity contribution in [2.75, 3.05) is 20.2 Å². The largest absolute Gasteiger partial charge is 0.377 e. The molecule has 0 aliphatic rings. The number of nitrogens with one attached hydrogen (secondary N) is 2. The van der Waals surface area contributed by atoms with Gasteiger partial charge in [-0.05, 0) is 20.8 Å². The first-order valence-corrected chi connectivity index (χ1v) is 6.38. The van der Waals surface area contributed by atoms with Crippen LogP contribution in [-0.2, 0) is 18.3 Å². The summed E-state index contributed by atoms with van der Waals surface area (Å²) in [7, 11) is 3.60. The molecule has 0 amide bonds. The number of aliphatic imine (C=N–C) groups is 1. The standard InChI is InChI=1S/C12H24N6O/c1-6-13-11(15-8-12(2,3)19-5)14-7-10-17-16-9-18(10)4/h9H,6-8H2,1-5H3,(H2,13,14,15). The van der Waals surface area contributed by atoms with E-state index in [1.807, 2.05) is 32.4 Å². The van der Waals surface area contributed by atoms with Gasteiger partial charge in [-0.2, -0.15) is 0 Å². The van der Waals surface area contributed by atoms with E-state index in [0.717, 1.165) is 18.3 Å². The minimum atomic E-state index is -0.235. The Morgan fingerprint density at radius 2 is 2.21 bits per heavy atom. The summed E-state index contributed by atoms with van der Waals surface area (Å²) in [6, 6.07) is 0. The molecule has 0 atom stereocenters. The van der Waals surface area contributed by atoms with E-state index in [9.17, 15) is 0 Å². The van der Waals surface area contributed by atoms with E-state index < -0.39 is 0 Å². The normalized spacial score (nSPS) is 12.6. The third kappa shape index (κ3) is 5.25. The molecule has 19 heavy (non-hydrogen) atoms. The van der Waals surface area contributed by atoms with Crippen LogP contribution in [0.15, 0.2) is 11.3 Å². The molecule has 2 N–H and O–H groups in total. The highest BCUT2D eigenvalue weighted by Crippen LogP contribution is 2.04. The van der Waals surface area contributed by atoms with Crippen molar-refractivity contribution < 1.29 is 4.74 Å². The molecule has 1 aromatic heterocycles. The second-order valence-corrected chi connectivity index (χ2v) is 4.87. The molecular weight excluding hydrogens is 244 g/mol. The first kappa shape index (κ1) is 15.4. The molecule has 7 heteroatoms. The van der Waals surface area contributed by atoms with Crippen LogP contribution in [0.1, 0.15) is 26.6 Å². The van der Waals surface area contributed by atoms with E-state index in [4.69, 9.17) is 4.74 Å². The molecule has 0 spiro atoms. The third-order valence-corrected chi connectivity index (χ3v) is 2.76. The first-order chi connectivity index (χ1) is 8.98. The van der Waals surface area contributed by atoms with Crippen molar-refractivity contribution in [1.29, 1.82) is 0 Å². The lowest BCUT2D eigenvalue weighted by molar-refractivity contribution is 0.0268. The topological polar surface area (TPSA) is 76.4 Å². The van der Waals surface area contributed by atoms with Crippen LogP contribution in [0.5, 0.6) is 0 Å². The Labute approximate surface area is 114 Å². The molecule has 0 saturated carbocycles. The van der Waals surface area contributed by atoms with Gasteiger partial charge in [-0.3, -0.25) is 0 Å². The second kappa shape index (κ2) is 7.08. The summed E-state index contributed by atoms with van der Waals surface area (Å²) >= 11 is 0. The fourth-order valence-corrected chi connectivity index (χ4v) is 1.31. The van der Waals surface area contributed by atoms with Crippen LogP contribution in [0.2, 0.25) is 0 Å². The number of guanidine groups is 1. The summed E-state index contributed by atoms with van der Waals surface area (Å²) in [4.78, 5) is 4.47. The number of methoxy groups -OCH3 is 1. The predicted octanol–water partition coefficient (Wildman–Crippen LogP) is 0.295. The Kier molecular flexibility index (Phi) is 5.75. The molecule has 0 aliphatic carbocycles. The van der Waals surface area contributed by atoms with Crippen molar-refractivity contribution in [3.8, 4) is 0 Å². The lowest BCUT2D eigenvalue weighted by atomic mass is 10.1. The van der Waals surface area contributed by atoms with Crippen molar-refractivity contribution in [3.63, 3.8) is 0 Å². The van der Waals surface area contributed by atoms with E-state index in [1.54, 1.807) is 13.4 Å². The van der Waals surface area contributed by atoms with Gasteiger partial charge in [0.1, 0.15) is 12.9 Å². The van der Waals surface area contributed by atoms with Gasteiger partial charge in [0.2, 0.25) is 0 Å². The number of rotatable bonds is 6. The SMILES string of the molecule is CCNC(=NCc1nncn1C)NCC(C)(C)OC. The number of hydrogen-bond acceptors (Lipinski definition) is 4. The van der Waals surface area contributed by atoms with Gasteiger partial charge in [-0.25, -0.2) is 4.99 Å². The highest BCUT2D eigenvalue weighted by Gasteiger charge is 2.16. The minimum absolute atomic E-state index is 0.235. The first-order valence-electron chi connectivity index (χ1n) is 6.38. The van der Waals surface area contributed by atoms with Crippen LogP contribution in [-0.4, -0.2) is 46.5 Å². The van der Waals surface area contributed by atoms with Crippen molar-refractivity contribution in [2.24, 2.45) is 12.0 Å². The summed E-state index contributed by atoms with van der Waals surface area (Å²) in [5.41, 5.74) is -0.235. The number of aryl methyl sites for hydroxylation is 1. The lowest BCUT2D eigenvalue weighted by Crippen LogP contribution is -2.45. The average molecular weight is 268 g/mol. The summed E-state index contributed by atoms with van der Waals surface area (Å²) in [5.74, 6) is 1.57. The summed E-state index contributed by atoms with van der Waals surface area (Å²) in [6.45, 7) is 8.03. The molecule has 0 saturated heterocycles. The maximum absolute atomic E-state index is 5.36. The number of hydrogen-bond donors (Lipinski definition) is 2. The molecule has 0 aromatic carbocycles. The lowest BCUT2D eigenvalue weighted by Gasteiger charge is -2.24. The number of ether oxygens (including phenoxy) is 1. The van der Waals surface area contributed by atoms with E-state index >= 15 is 0 Å². The van der Waals surface area contributed by atoms with Gasteiger partial charge in [0.15, 0.2) is 11.8 Å². The van der Waals surface area contributed by atoms with Crippen LogP contribution >= 0.6 is 0 Å². The zero-order valence-corrected chi connectivity index (χ0v) is 12.4. The molecular formula is C12H24N6O.